The summed E-state index contributed by atoms with van der Waals surface area (Å²) in [7, 11) is 0. The minimum atomic E-state index is 0.0681. The molecule has 1 saturated heterocycles. The molecule has 3 rings (SSSR count). The van der Waals surface area contributed by atoms with Crippen molar-refractivity contribution in [1.82, 2.24) is 20.2 Å². The van der Waals surface area contributed by atoms with E-state index in [1.165, 1.54) is 0 Å². The molecule has 1 aromatic heterocycles. The number of nitrogens with one attached hydrogen (secondary N) is 2. The second kappa shape index (κ2) is 5.64. The molecule has 1 unspecified atom stereocenters. The number of thioether (sulfide) groups is 1. The van der Waals surface area contributed by atoms with Crippen molar-refractivity contribution in [2.45, 2.75) is 30.9 Å². The van der Waals surface area contributed by atoms with Crippen LogP contribution >= 0.6 is 11.8 Å². The standard InChI is InChI=1S/C13H20N4OS/c1-2-11(17-5-3-14-4-6-17)12-15-10-8-19-7-9(10)13(18)16-12/h11,14H,2-8H2,1H3,(H,15,16,18). The van der Waals surface area contributed by atoms with E-state index in [4.69, 9.17) is 4.98 Å². The number of nitrogens with zero attached hydrogens (tertiary/aromatic N) is 2. The van der Waals surface area contributed by atoms with E-state index in [2.05, 4.69) is 22.1 Å². The summed E-state index contributed by atoms with van der Waals surface area (Å²) in [4.78, 5) is 22.3. The number of hydrogen-bond donors (Lipinski definition) is 2. The summed E-state index contributed by atoms with van der Waals surface area (Å²) in [6.45, 7) is 6.24. The van der Waals surface area contributed by atoms with Gasteiger partial charge in [-0.3, -0.25) is 9.69 Å². The fourth-order valence-electron chi connectivity index (χ4n) is 2.86. The molecule has 0 bridgehead atoms. The average molecular weight is 280 g/mol. The van der Waals surface area contributed by atoms with Crippen LogP contribution in [0.2, 0.25) is 0 Å². The number of rotatable bonds is 3. The average Bonchev–Trinajstić information content (AvgIpc) is 2.90. The fourth-order valence-corrected chi connectivity index (χ4v) is 3.89. The topological polar surface area (TPSA) is 61.0 Å². The summed E-state index contributed by atoms with van der Waals surface area (Å²) in [6, 6.07) is 0.241. The van der Waals surface area contributed by atoms with Gasteiger partial charge in [-0.2, -0.15) is 11.8 Å². The van der Waals surface area contributed by atoms with Crippen molar-refractivity contribution in [3.05, 3.63) is 27.4 Å². The monoisotopic (exact) mass is 280 g/mol. The Bertz CT molecular complexity index is 510. The Kier molecular flexibility index (Phi) is 3.91. The molecule has 1 aromatic rings. The molecule has 0 aromatic carbocycles. The van der Waals surface area contributed by atoms with Crippen LogP contribution in [0.25, 0.3) is 0 Å². The van der Waals surface area contributed by atoms with Crippen molar-refractivity contribution in [3.8, 4) is 0 Å². The summed E-state index contributed by atoms with van der Waals surface area (Å²) in [6.07, 6.45) is 0.981. The van der Waals surface area contributed by atoms with Crippen LogP contribution in [-0.4, -0.2) is 41.0 Å². The van der Waals surface area contributed by atoms with Gasteiger partial charge in [-0.05, 0) is 6.42 Å². The van der Waals surface area contributed by atoms with Crippen LogP contribution in [0.4, 0.5) is 0 Å². The van der Waals surface area contributed by atoms with Crippen LogP contribution in [0, 0.1) is 0 Å². The van der Waals surface area contributed by atoms with Crippen LogP contribution in [-0.2, 0) is 11.5 Å². The van der Waals surface area contributed by atoms with Crippen molar-refractivity contribution in [2.75, 3.05) is 26.2 Å². The molecule has 104 valence electrons. The summed E-state index contributed by atoms with van der Waals surface area (Å²) in [5, 5.41) is 3.36. The van der Waals surface area contributed by atoms with Crippen molar-refractivity contribution in [2.24, 2.45) is 0 Å². The zero-order valence-corrected chi connectivity index (χ0v) is 12.1. The van der Waals surface area contributed by atoms with Crippen LogP contribution in [0.15, 0.2) is 4.79 Å². The highest BCUT2D eigenvalue weighted by molar-refractivity contribution is 7.98. The van der Waals surface area contributed by atoms with Crippen LogP contribution in [0.5, 0.6) is 0 Å². The highest BCUT2D eigenvalue weighted by Crippen LogP contribution is 2.27. The lowest BCUT2D eigenvalue weighted by Gasteiger charge is -2.33. The van der Waals surface area contributed by atoms with Gasteiger partial charge in [-0.25, -0.2) is 4.98 Å². The Hall–Kier alpha value is -0.850. The molecule has 19 heavy (non-hydrogen) atoms. The van der Waals surface area contributed by atoms with E-state index < -0.39 is 0 Å². The van der Waals surface area contributed by atoms with Crippen molar-refractivity contribution < 1.29 is 0 Å². The van der Waals surface area contributed by atoms with Gasteiger partial charge in [-0.1, -0.05) is 6.92 Å². The largest absolute Gasteiger partial charge is 0.314 e. The predicted molar refractivity (Wildman–Crippen MR) is 77.3 cm³/mol. The normalized spacial score (nSPS) is 21.3. The number of aromatic amines is 1. The molecule has 0 amide bonds. The third-order valence-corrected chi connectivity index (χ3v) is 4.87. The summed E-state index contributed by atoms with van der Waals surface area (Å²) < 4.78 is 0. The minimum absolute atomic E-state index is 0.0681. The van der Waals surface area contributed by atoms with E-state index in [1.54, 1.807) is 11.8 Å². The summed E-state index contributed by atoms with van der Waals surface area (Å²) >= 11 is 1.77. The Labute approximate surface area is 117 Å². The van der Waals surface area contributed by atoms with Gasteiger partial charge in [0.15, 0.2) is 0 Å². The molecule has 3 heterocycles. The lowest BCUT2D eigenvalue weighted by atomic mass is 10.1. The Morgan fingerprint density at radius 1 is 1.37 bits per heavy atom. The third-order valence-electron chi connectivity index (χ3n) is 3.90. The molecule has 5 nitrogen and oxygen atoms in total. The molecule has 0 aliphatic carbocycles. The maximum Gasteiger partial charge on any atom is 0.255 e. The van der Waals surface area contributed by atoms with Crippen LogP contribution in [0.1, 0.15) is 36.5 Å². The summed E-state index contributed by atoms with van der Waals surface area (Å²) in [5.74, 6) is 2.54. The first-order chi connectivity index (χ1) is 9.29. The van der Waals surface area contributed by atoms with Gasteiger partial charge in [0, 0.05) is 43.2 Å². The van der Waals surface area contributed by atoms with Gasteiger partial charge in [0.1, 0.15) is 5.82 Å². The smallest absolute Gasteiger partial charge is 0.255 e. The second-order valence-corrected chi connectivity index (χ2v) is 6.06. The highest BCUT2D eigenvalue weighted by Gasteiger charge is 2.25. The Morgan fingerprint density at radius 3 is 2.89 bits per heavy atom. The van der Waals surface area contributed by atoms with Gasteiger partial charge in [0.2, 0.25) is 0 Å². The molecular weight excluding hydrogens is 260 g/mol. The van der Waals surface area contributed by atoms with Gasteiger partial charge in [-0.15, -0.1) is 0 Å². The molecule has 6 heteroatoms. The molecule has 1 atom stereocenters. The van der Waals surface area contributed by atoms with E-state index in [0.717, 1.165) is 61.2 Å². The lowest BCUT2D eigenvalue weighted by Crippen LogP contribution is -2.45. The maximum absolute atomic E-state index is 12.1. The number of fused-ring (bicyclic) bond motifs is 1. The Balaban J connectivity index is 1.91. The molecule has 0 saturated carbocycles. The van der Waals surface area contributed by atoms with E-state index in [-0.39, 0.29) is 11.6 Å². The maximum atomic E-state index is 12.1. The van der Waals surface area contributed by atoms with E-state index in [0.29, 0.717) is 0 Å². The zero-order valence-electron chi connectivity index (χ0n) is 11.2. The number of hydrogen-bond acceptors (Lipinski definition) is 5. The van der Waals surface area contributed by atoms with Gasteiger partial charge in [0.05, 0.1) is 11.7 Å². The zero-order chi connectivity index (χ0) is 13.2. The molecule has 2 N–H and O–H groups in total. The number of H-pyrrole nitrogens is 1. The number of piperazine rings is 1. The fraction of sp³-hybridized carbons (Fsp3) is 0.692. The molecule has 2 aliphatic heterocycles. The minimum Gasteiger partial charge on any atom is -0.314 e. The van der Waals surface area contributed by atoms with Crippen molar-refractivity contribution in [3.63, 3.8) is 0 Å². The summed E-state index contributed by atoms with van der Waals surface area (Å²) in [5.41, 5.74) is 1.94. The third kappa shape index (κ3) is 2.57. The first-order valence-electron chi connectivity index (χ1n) is 6.94. The number of aromatic nitrogens is 2. The quantitative estimate of drug-likeness (QED) is 0.860. The lowest BCUT2D eigenvalue weighted by molar-refractivity contribution is 0.162. The van der Waals surface area contributed by atoms with E-state index >= 15 is 0 Å². The van der Waals surface area contributed by atoms with E-state index in [9.17, 15) is 4.79 Å². The molecule has 0 spiro atoms. The first-order valence-corrected chi connectivity index (χ1v) is 8.09. The van der Waals surface area contributed by atoms with Crippen LogP contribution < -0.4 is 10.9 Å². The molecule has 2 aliphatic rings. The molecular formula is C13H20N4OS. The second-order valence-electron chi connectivity index (χ2n) is 5.08. The van der Waals surface area contributed by atoms with Crippen molar-refractivity contribution >= 4 is 11.8 Å². The molecule has 1 fully saturated rings. The first kappa shape index (κ1) is 13.1. The SMILES string of the molecule is CCC(c1nc2c(c(=O)[nH]1)CSC2)N1CCNCC1. The van der Waals surface area contributed by atoms with Crippen LogP contribution in [0.3, 0.4) is 0 Å². The van der Waals surface area contributed by atoms with Gasteiger partial charge >= 0.3 is 0 Å². The predicted octanol–water partition coefficient (Wildman–Crippen LogP) is 0.873. The van der Waals surface area contributed by atoms with Gasteiger partial charge in [0.25, 0.3) is 5.56 Å². The molecule has 0 radical (unpaired) electrons. The highest BCUT2D eigenvalue weighted by atomic mass is 32.2. The Morgan fingerprint density at radius 2 is 2.16 bits per heavy atom. The van der Waals surface area contributed by atoms with E-state index in [1.807, 2.05) is 0 Å². The van der Waals surface area contributed by atoms with Crippen molar-refractivity contribution in [1.29, 1.82) is 0 Å². The van der Waals surface area contributed by atoms with Gasteiger partial charge < -0.3 is 10.3 Å².